The molecular formula is C18H16F3NO4. The Morgan fingerprint density at radius 1 is 1.12 bits per heavy atom. The predicted molar refractivity (Wildman–Crippen MR) is 89.6 cm³/mol. The minimum atomic E-state index is -4.51. The summed E-state index contributed by atoms with van der Waals surface area (Å²) in [6, 6.07) is 11.0. The van der Waals surface area contributed by atoms with E-state index in [9.17, 15) is 22.8 Å². The number of fused-ring (bicyclic) bond motifs is 1. The maximum atomic E-state index is 11.9. The van der Waals surface area contributed by atoms with Crippen LogP contribution in [0.3, 0.4) is 0 Å². The van der Waals surface area contributed by atoms with Gasteiger partial charge in [0.05, 0.1) is 7.11 Å². The van der Waals surface area contributed by atoms with Crippen LogP contribution in [-0.4, -0.2) is 38.3 Å². The number of benzene rings is 2. The van der Waals surface area contributed by atoms with E-state index in [1.807, 2.05) is 30.3 Å². The van der Waals surface area contributed by atoms with Gasteiger partial charge < -0.3 is 14.8 Å². The molecule has 0 saturated heterocycles. The third kappa shape index (κ3) is 6.12. The molecule has 2 aromatic rings. The van der Waals surface area contributed by atoms with Gasteiger partial charge in [-0.05, 0) is 40.6 Å². The summed E-state index contributed by atoms with van der Waals surface area (Å²) in [5, 5.41) is 3.51. The summed E-state index contributed by atoms with van der Waals surface area (Å²) in [4.78, 5) is 22.7. The van der Waals surface area contributed by atoms with Crippen LogP contribution < -0.4 is 10.1 Å². The Morgan fingerprint density at radius 2 is 1.81 bits per heavy atom. The number of carbonyl (C=O) groups excluding carboxylic acids is 2. The van der Waals surface area contributed by atoms with Gasteiger partial charge >= 0.3 is 12.1 Å². The van der Waals surface area contributed by atoms with Crippen molar-refractivity contribution in [2.45, 2.75) is 6.18 Å². The number of methoxy groups -OCH3 is 1. The zero-order valence-corrected chi connectivity index (χ0v) is 13.8. The maximum absolute atomic E-state index is 11.9. The van der Waals surface area contributed by atoms with E-state index >= 15 is 0 Å². The number of esters is 1. The molecule has 0 bridgehead atoms. The lowest BCUT2D eigenvalue weighted by Crippen LogP contribution is -2.36. The summed E-state index contributed by atoms with van der Waals surface area (Å²) in [7, 11) is 1.58. The Hall–Kier alpha value is -3.03. The Bertz CT molecular complexity index is 831. The van der Waals surface area contributed by atoms with Gasteiger partial charge in [-0.15, -0.1) is 0 Å². The molecule has 1 amide bonds. The second-order valence-corrected chi connectivity index (χ2v) is 5.31. The molecule has 0 aliphatic heterocycles. The van der Waals surface area contributed by atoms with Crippen molar-refractivity contribution in [3.63, 3.8) is 0 Å². The van der Waals surface area contributed by atoms with Crippen LogP contribution in [0.25, 0.3) is 16.8 Å². The topological polar surface area (TPSA) is 64.6 Å². The number of carbonyl (C=O) groups is 2. The normalized spacial score (nSPS) is 11.5. The van der Waals surface area contributed by atoms with E-state index in [-0.39, 0.29) is 0 Å². The van der Waals surface area contributed by atoms with Crippen LogP contribution in [-0.2, 0) is 14.3 Å². The van der Waals surface area contributed by atoms with Gasteiger partial charge in [0.15, 0.2) is 6.61 Å². The summed E-state index contributed by atoms with van der Waals surface area (Å²) in [6.45, 7) is -2.25. The number of hydrogen-bond donors (Lipinski definition) is 1. The lowest BCUT2D eigenvalue weighted by Gasteiger charge is -2.08. The van der Waals surface area contributed by atoms with Crippen molar-refractivity contribution in [3.8, 4) is 5.75 Å². The quantitative estimate of drug-likeness (QED) is 0.630. The number of rotatable bonds is 6. The van der Waals surface area contributed by atoms with Crippen molar-refractivity contribution in [1.82, 2.24) is 5.32 Å². The van der Waals surface area contributed by atoms with Gasteiger partial charge in [-0.2, -0.15) is 13.2 Å². The molecule has 1 N–H and O–H groups in total. The third-order valence-electron chi connectivity index (χ3n) is 3.31. The average molecular weight is 367 g/mol. The second-order valence-electron chi connectivity index (χ2n) is 5.31. The van der Waals surface area contributed by atoms with E-state index in [4.69, 9.17) is 4.74 Å². The largest absolute Gasteiger partial charge is 0.497 e. The molecule has 8 heteroatoms. The minimum absolute atomic E-state index is 0.723. The SMILES string of the molecule is COc1ccc2cc(/C=C/C(=O)OCC(=O)NCC(F)(F)F)ccc2c1. The molecule has 0 aliphatic rings. The zero-order valence-electron chi connectivity index (χ0n) is 13.8. The zero-order chi connectivity index (χ0) is 19.2. The molecule has 2 aromatic carbocycles. The molecule has 0 spiro atoms. The monoisotopic (exact) mass is 367 g/mol. The fraction of sp³-hybridized carbons (Fsp3) is 0.222. The summed E-state index contributed by atoms with van der Waals surface area (Å²) in [5.41, 5.74) is 0.723. The van der Waals surface area contributed by atoms with Gasteiger partial charge in [0, 0.05) is 6.08 Å². The van der Waals surface area contributed by atoms with Crippen molar-refractivity contribution >= 4 is 28.7 Å². The molecule has 0 saturated carbocycles. The summed E-state index contributed by atoms with van der Waals surface area (Å²) < 4.78 is 45.5. The first kappa shape index (κ1) is 19.3. The summed E-state index contributed by atoms with van der Waals surface area (Å²) in [5.74, 6) is -1.13. The number of alkyl halides is 3. The molecule has 0 atom stereocenters. The van der Waals surface area contributed by atoms with E-state index in [2.05, 4.69) is 4.74 Å². The van der Waals surface area contributed by atoms with Crippen LogP contribution in [0.4, 0.5) is 13.2 Å². The average Bonchev–Trinajstić information content (AvgIpc) is 2.61. The standard InChI is InChI=1S/C18H16F3NO4/c1-25-15-6-5-13-8-12(2-4-14(13)9-15)3-7-17(24)26-10-16(23)22-11-18(19,20)21/h2-9H,10-11H2,1H3,(H,22,23)/b7-3+. The highest BCUT2D eigenvalue weighted by molar-refractivity contribution is 5.91. The van der Waals surface area contributed by atoms with Crippen LogP contribution in [0.2, 0.25) is 0 Å². The molecule has 138 valence electrons. The molecule has 0 aliphatic carbocycles. The highest BCUT2D eigenvalue weighted by Crippen LogP contribution is 2.22. The van der Waals surface area contributed by atoms with Gasteiger partial charge in [0.2, 0.25) is 0 Å². The van der Waals surface area contributed by atoms with Gasteiger partial charge in [0.25, 0.3) is 5.91 Å². The molecule has 5 nitrogen and oxygen atoms in total. The van der Waals surface area contributed by atoms with Crippen molar-refractivity contribution in [2.24, 2.45) is 0 Å². The molecule has 26 heavy (non-hydrogen) atoms. The van der Waals surface area contributed by atoms with Gasteiger partial charge in [-0.1, -0.05) is 18.2 Å². The molecule has 0 fully saturated rings. The van der Waals surface area contributed by atoms with Crippen LogP contribution in [0.5, 0.6) is 5.75 Å². The number of nitrogens with one attached hydrogen (secondary N) is 1. The van der Waals surface area contributed by atoms with Crippen LogP contribution >= 0.6 is 0 Å². The summed E-state index contributed by atoms with van der Waals surface area (Å²) >= 11 is 0. The number of amides is 1. The first-order valence-electron chi connectivity index (χ1n) is 7.53. The molecule has 0 aromatic heterocycles. The van der Waals surface area contributed by atoms with E-state index in [0.717, 1.165) is 28.2 Å². The third-order valence-corrected chi connectivity index (χ3v) is 3.31. The van der Waals surface area contributed by atoms with Crippen molar-refractivity contribution in [3.05, 3.63) is 48.0 Å². The molecule has 0 unspecified atom stereocenters. The van der Waals surface area contributed by atoms with E-state index in [1.165, 1.54) is 6.08 Å². The van der Waals surface area contributed by atoms with Crippen molar-refractivity contribution in [2.75, 3.05) is 20.3 Å². The first-order valence-corrected chi connectivity index (χ1v) is 7.53. The highest BCUT2D eigenvalue weighted by atomic mass is 19.4. The number of ether oxygens (including phenoxy) is 2. The maximum Gasteiger partial charge on any atom is 0.405 e. The fourth-order valence-corrected chi connectivity index (χ4v) is 2.07. The lowest BCUT2D eigenvalue weighted by atomic mass is 10.1. The Morgan fingerprint density at radius 3 is 2.50 bits per heavy atom. The van der Waals surface area contributed by atoms with Crippen molar-refractivity contribution < 1.29 is 32.2 Å². The molecular weight excluding hydrogens is 351 g/mol. The lowest BCUT2D eigenvalue weighted by molar-refractivity contribution is -0.148. The molecule has 2 rings (SSSR count). The van der Waals surface area contributed by atoms with E-state index in [0.29, 0.717) is 0 Å². The van der Waals surface area contributed by atoms with Crippen LogP contribution in [0, 0.1) is 0 Å². The Kier molecular flexibility index (Phi) is 6.21. The minimum Gasteiger partial charge on any atom is -0.497 e. The smallest absolute Gasteiger partial charge is 0.405 e. The number of hydrogen-bond acceptors (Lipinski definition) is 4. The van der Waals surface area contributed by atoms with Gasteiger partial charge in [0.1, 0.15) is 12.3 Å². The van der Waals surface area contributed by atoms with Crippen molar-refractivity contribution in [1.29, 1.82) is 0 Å². The number of halogens is 3. The van der Waals surface area contributed by atoms with Crippen LogP contribution in [0.15, 0.2) is 42.5 Å². The Labute approximate surface area is 147 Å². The fourth-order valence-electron chi connectivity index (χ4n) is 2.07. The van der Waals surface area contributed by atoms with Gasteiger partial charge in [-0.3, -0.25) is 4.79 Å². The Balaban J connectivity index is 1.89. The van der Waals surface area contributed by atoms with E-state index < -0.39 is 31.2 Å². The molecule has 0 radical (unpaired) electrons. The highest BCUT2D eigenvalue weighted by Gasteiger charge is 2.27. The predicted octanol–water partition coefficient (Wildman–Crippen LogP) is 3.08. The van der Waals surface area contributed by atoms with Gasteiger partial charge in [-0.25, -0.2) is 4.79 Å². The summed E-state index contributed by atoms with van der Waals surface area (Å²) in [6.07, 6.45) is -1.93. The van der Waals surface area contributed by atoms with E-state index in [1.54, 1.807) is 18.5 Å². The second kappa shape index (κ2) is 8.37. The molecule has 0 heterocycles. The van der Waals surface area contributed by atoms with Crippen LogP contribution in [0.1, 0.15) is 5.56 Å². The first-order chi connectivity index (χ1) is 12.3.